The lowest BCUT2D eigenvalue weighted by molar-refractivity contribution is 0.530. The molecule has 0 atom stereocenters. The molecule has 5 heteroatoms. The van der Waals surface area contributed by atoms with Crippen molar-refractivity contribution in [2.45, 2.75) is 30.2 Å². The Kier molecular flexibility index (Phi) is 3.08. The molecule has 0 aromatic carbocycles. The molecule has 0 saturated carbocycles. The van der Waals surface area contributed by atoms with Gasteiger partial charge in [-0.2, -0.15) is 0 Å². The van der Waals surface area contributed by atoms with Crippen molar-refractivity contribution >= 4 is 11.8 Å². The lowest BCUT2D eigenvalue weighted by Crippen LogP contribution is -2.29. The summed E-state index contributed by atoms with van der Waals surface area (Å²) in [5, 5.41) is 13.3. The van der Waals surface area contributed by atoms with E-state index < -0.39 is 0 Å². The summed E-state index contributed by atoms with van der Waals surface area (Å²) in [6.07, 6.45) is 2.47. The van der Waals surface area contributed by atoms with Gasteiger partial charge in [-0.1, -0.05) is 11.8 Å². The van der Waals surface area contributed by atoms with Crippen LogP contribution < -0.4 is 5.32 Å². The van der Waals surface area contributed by atoms with Crippen molar-refractivity contribution in [2.75, 3.05) is 13.1 Å². The Bertz CT molecular complexity index is 304. The number of nitrogens with one attached hydrogen (secondary N) is 1. The highest BCUT2D eigenvalue weighted by Gasteiger charge is 2.17. The van der Waals surface area contributed by atoms with Crippen molar-refractivity contribution in [1.82, 2.24) is 20.1 Å². The van der Waals surface area contributed by atoms with Gasteiger partial charge in [0, 0.05) is 12.3 Å². The zero-order valence-corrected chi connectivity index (χ0v) is 9.47. The van der Waals surface area contributed by atoms with E-state index in [1.807, 2.05) is 25.7 Å². The van der Waals surface area contributed by atoms with E-state index in [1.54, 1.807) is 0 Å². The predicted molar refractivity (Wildman–Crippen MR) is 57.5 cm³/mol. The fourth-order valence-corrected chi connectivity index (χ4v) is 2.70. The summed E-state index contributed by atoms with van der Waals surface area (Å²) in [6, 6.07) is 0. The Labute approximate surface area is 88.5 Å². The molecule has 0 amide bonds. The molecular weight excluding hydrogens is 196 g/mol. The summed E-state index contributed by atoms with van der Waals surface area (Å²) in [7, 11) is 2.03. The predicted octanol–water partition coefficient (Wildman–Crippen LogP) is 0.968. The number of hydrogen-bond donors (Lipinski definition) is 1. The van der Waals surface area contributed by atoms with Crippen LogP contribution in [-0.2, 0) is 7.05 Å². The first-order valence-corrected chi connectivity index (χ1v) is 5.88. The molecule has 0 radical (unpaired) electrons. The number of rotatable bonds is 2. The van der Waals surface area contributed by atoms with Gasteiger partial charge in [-0.15, -0.1) is 10.2 Å². The Morgan fingerprint density at radius 3 is 2.64 bits per heavy atom. The van der Waals surface area contributed by atoms with E-state index in [9.17, 15) is 0 Å². The molecule has 1 aromatic heterocycles. The van der Waals surface area contributed by atoms with Crippen LogP contribution in [-0.4, -0.2) is 33.1 Å². The van der Waals surface area contributed by atoms with E-state index in [-0.39, 0.29) is 0 Å². The molecule has 1 aromatic rings. The second-order valence-electron chi connectivity index (χ2n) is 3.66. The molecule has 1 saturated heterocycles. The maximum Gasteiger partial charge on any atom is 0.191 e. The van der Waals surface area contributed by atoms with Gasteiger partial charge in [0.1, 0.15) is 5.82 Å². The third-order valence-corrected chi connectivity index (χ3v) is 3.98. The third kappa shape index (κ3) is 2.09. The smallest absolute Gasteiger partial charge is 0.191 e. The van der Waals surface area contributed by atoms with E-state index in [2.05, 4.69) is 20.1 Å². The second-order valence-corrected chi connectivity index (χ2v) is 4.92. The maximum absolute atomic E-state index is 4.16. The highest BCUT2D eigenvalue weighted by atomic mass is 32.2. The normalized spacial score (nSPS) is 18.7. The molecule has 1 aliphatic rings. The van der Waals surface area contributed by atoms with Gasteiger partial charge >= 0.3 is 0 Å². The first-order valence-electron chi connectivity index (χ1n) is 5.01. The molecule has 0 aliphatic carbocycles. The van der Waals surface area contributed by atoms with Crippen LogP contribution in [0.3, 0.4) is 0 Å². The quantitative estimate of drug-likeness (QED) is 0.793. The summed E-state index contributed by atoms with van der Waals surface area (Å²) in [4.78, 5) is 0. The fraction of sp³-hybridized carbons (Fsp3) is 0.778. The van der Waals surface area contributed by atoms with Gasteiger partial charge in [-0.25, -0.2) is 0 Å². The van der Waals surface area contributed by atoms with Crippen LogP contribution in [0.4, 0.5) is 0 Å². The zero-order chi connectivity index (χ0) is 9.97. The van der Waals surface area contributed by atoms with Crippen molar-refractivity contribution in [3.63, 3.8) is 0 Å². The molecule has 14 heavy (non-hydrogen) atoms. The zero-order valence-electron chi connectivity index (χ0n) is 8.66. The molecule has 0 spiro atoms. The van der Waals surface area contributed by atoms with E-state index in [1.165, 1.54) is 12.8 Å². The minimum absolute atomic E-state index is 0.707. The molecule has 1 N–H and O–H groups in total. The highest BCUT2D eigenvalue weighted by Crippen LogP contribution is 2.26. The summed E-state index contributed by atoms with van der Waals surface area (Å²) < 4.78 is 2.06. The van der Waals surface area contributed by atoms with Crippen molar-refractivity contribution in [3.8, 4) is 0 Å². The largest absolute Gasteiger partial charge is 0.317 e. The number of thioether (sulfide) groups is 1. The van der Waals surface area contributed by atoms with Gasteiger partial charge in [0.25, 0.3) is 0 Å². The Balaban J connectivity index is 1.99. The summed E-state index contributed by atoms with van der Waals surface area (Å²) >= 11 is 1.86. The molecule has 2 rings (SSSR count). The minimum Gasteiger partial charge on any atom is -0.317 e. The highest BCUT2D eigenvalue weighted by molar-refractivity contribution is 7.99. The Morgan fingerprint density at radius 2 is 2.07 bits per heavy atom. The monoisotopic (exact) mass is 212 g/mol. The lowest BCUT2D eigenvalue weighted by atomic mass is 10.2. The van der Waals surface area contributed by atoms with Crippen LogP contribution >= 0.6 is 11.8 Å². The van der Waals surface area contributed by atoms with Crippen molar-refractivity contribution in [1.29, 1.82) is 0 Å². The standard InChI is InChI=1S/C9H16N4S/c1-7-11-12-9(13(7)2)14-8-3-5-10-6-4-8/h8,10H,3-6H2,1-2H3. The first kappa shape index (κ1) is 9.98. The number of aryl methyl sites for hydroxylation is 1. The molecule has 4 nitrogen and oxygen atoms in total. The minimum atomic E-state index is 0.707. The number of hydrogen-bond acceptors (Lipinski definition) is 4. The van der Waals surface area contributed by atoms with Gasteiger partial charge in [0.05, 0.1) is 0 Å². The average Bonchev–Trinajstić information content (AvgIpc) is 2.52. The van der Waals surface area contributed by atoms with Crippen LogP contribution in [0.2, 0.25) is 0 Å². The molecular formula is C9H16N4S. The molecule has 0 bridgehead atoms. The fourth-order valence-electron chi connectivity index (χ4n) is 1.55. The Morgan fingerprint density at radius 1 is 1.36 bits per heavy atom. The van der Waals surface area contributed by atoms with E-state index in [0.29, 0.717) is 5.25 Å². The molecule has 2 heterocycles. The molecule has 0 unspecified atom stereocenters. The van der Waals surface area contributed by atoms with Crippen molar-refractivity contribution in [2.24, 2.45) is 7.05 Å². The maximum atomic E-state index is 4.16. The number of piperidine rings is 1. The van der Waals surface area contributed by atoms with Gasteiger partial charge in [-0.3, -0.25) is 0 Å². The van der Waals surface area contributed by atoms with Crippen LogP contribution in [0.5, 0.6) is 0 Å². The van der Waals surface area contributed by atoms with Crippen LogP contribution in [0.1, 0.15) is 18.7 Å². The van der Waals surface area contributed by atoms with Gasteiger partial charge in [-0.05, 0) is 32.9 Å². The lowest BCUT2D eigenvalue weighted by Gasteiger charge is -2.21. The van der Waals surface area contributed by atoms with Crippen LogP contribution in [0.25, 0.3) is 0 Å². The number of aromatic nitrogens is 3. The van der Waals surface area contributed by atoms with E-state index in [0.717, 1.165) is 24.1 Å². The third-order valence-electron chi connectivity index (χ3n) is 2.61. The van der Waals surface area contributed by atoms with Gasteiger partial charge in [0.15, 0.2) is 5.16 Å². The first-order chi connectivity index (χ1) is 6.77. The van der Waals surface area contributed by atoms with E-state index >= 15 is 0 Å². The SMILES string of the molecule is Cc1nnc(SC2CCNCC2)n1C. The average molecular weight is 212 g/mol. The number of nitrogens with zero attached hydrogens (tertiary/aromatic N) is 3. The van der Waals surface area contributed by atoms with Crippen molar-refractivity contribution < 1.29 is 0 Å². The topological polar surface area (TPSA) is 42.7 Å². The van der Waals surface area contributed by atoms with Crippen LogP contribution in [0.15, 0.2) is 5.16 Å². The van der Waals surface area contributed by atoms with Gasteiger partial charge in [0.2, 0.25) is 0 Å². The second kappa shape index (κ2) is 4.31. The summed E-state index contributed by atoms with van der Waals surface area (Å²) in [5.41, 5.74) is 0. The summed E-state index contributed by atoms with van der Waals surface area (Å²) in [5.74, 6) is 0.987. The van der Waals surface area contributed by atoms with Crippen molar-refractivity contribution in [3.05, 3.63) is 5.82 Å². The summed E-state index contributed by atoms with van der Waals surface area (Å²) in [6.45, 7) is 4.25. The van der Waals surface area contributed by atoms with Crippen LogP contribution in [0, 0.1) is 6.92 Å². The molecule has 78 valence electrons. The Hall–Kier alpha value is -0.550. The molecule has 1 fully saturated rings. The van der Waals surface area contributed by atoms with E-state index in [4.69, 9.17) is 0 Å². The van der Waals surface area contributed by atoms with Gasteiger partial charge < -0.3 is 9.88 Å². The molecule has 1 aliphatic heterocycles.